The Hall–Kier alpha value is -2.28. The first kappa shape index (κ1) is 18.5. The number of aromatic nitrogens is 4. The molecule has 2 aromatic rings. The van der Waals surface area contributed by atoms with E-state index in [1.807, 2.05) is 10.8 Å². The van der Waals surface area contributed by atoms with Crippen LogP contribution in [-0.2, 0) is 22.6 Å². The van der Waals surface area contributed by atoms with Crippen LogP contribution >= 0.6 is 0 Å². The molecule has 3 heterocycles. The monoisotopic (exact) mass is 357 g/mol. The van der Waals surface area contributed by atoms with E-state index in [1.54, 1.807) is 18.6 Å². The van der Waals surface area contributed by atoms with Crippen LogP contribution in [0, 0.1) is 0 Å². The second kappa shape index (κ2) is 8.89. The molecule has 0 spiro atoms. The van der Waals surface area contributed by atoms with E-state index in [9.17, 15) is 4.79 Å². The average Bonchev–Trinajstić information content (AvgIpc) is 3.15. The first-order valence-electron chi connectivity index (χ1n) is 9.33. The van der Waals surface area contributed by atoms with Crippen LogP contribution in [0.25, 0.3) is 0 Å². The van der Waals surface area contributed by atoms with Gasteiger partial charge in [0, 0.05) is 62.4 Å². The van der Waals surface area contributed by atoms with Crippen LogP contribution in [0.2, 0.25) is 0 Å². The van der Waals surface area contributed by atoms with Gasteiger partial charge in [0.2, 0.25) is 5.91 Å². The minimum Gasteiger partial charge on any atom is -0.370 e. The van der Waals surface area contributed by atoms with Crippen molar-refractivity contribution < 1.29 is 9.53 Å². The van der Waals surface area contributed by atoms with E-state index in [1.165, 1.54) is 0 Å². The summed E-state index contributed by atoms with van der Waals surface area (Å²) in [7, 11) is 0. The molecule has 2 aromatic heterocycles. The van der Waals surface area contributed by atoms with Gasteiger partial charge in [-0.1, -0.05) is 13.8 Å². The lowest BCUT2D eigenvalue weighted by Gasteiger charge is -2.21. The van der Waals surface area contributed by atoms with Crippen molar-refractivity contribution in [2.24, 2.45) is 0 Å². The number of amides is 1. The Bertz CT molecular complexity index is 705. The van der Waals surface area contributed by atoms with E-state index >= 15 is 0 Å². The van der Waals surface area contributed by atoms with Crippen LogP contribution in [0.15, 0.2) is 24.8 Å². The van der Waals surface area contributed by atoms with Crippen LogP contribution in [-0.4, -0.2) is 32.0 Å². The summed E-state index contributed by atoms with van der Waals surface area (Å²) in [6.07, 6.45) is 10.9. The Morgan fingerprint density at radius 3 is 2.81 bits per heavy atom. The lowest BCUT2D eigenvalue weighted by Crippen LogP contribution is -2.24. The van der Waals surface area contributed by atoms with Crippen molar-refractivity contribution in [2.75, 3.05) is 6.61 Å². The third-order valence-electron chi connectivity index (χ3n) is 4.53. The first-order valence-corrected chi connectivity index (χ1v) is 9.33. The van der Waals surface area contributed by atoms with Gasteiger partial charge in [-0.05, 0) is 19.3 Å². The van der Waals surface area contributed by atoms with Gasteiger partial charge in [0.25, 0.3) is 0 Å². The molecular weight excluding hydrogens is 330 g/mol. The van der Waals surface area contributed by atoms with E-state index in [0.717, 1.165) is 43.1 Å². The smallest absolute Gasteiger partial charge is 0.222 e. The molecule has 1 aliphatic rings. The van der Waals surface area contributed by atoms with E-state index in [-0.39, 0.29) is 12.0 Å². The Morgan fingerprint density at radius 2 is 2.12 bits per heavy atom. The van der Waals surface area contributed by atoms with E-state index in [2.05, 4.69) is 34.1 Å². The Balaban J connectivity index is 1.44. The molecular formula is C19H27N5O2. The Morgan fingerprint density at radius 1 is 1.31 bits per heavy atom. The summed E-state index contributed by atoms with van der Waals surface area (Å²) in [5.74, 6) is 2.10. The van der Waals surface area contributed by atoms with Gasteiger partial charge in [0.05, 0.1) is 0 Å². The maximum atomic E-state index is 12.1. The number of hydrogen-bond acceptors (Lipinski definition) is 5. The van der Waals surface area contributed by atoms with Gasteiger partial charge in [-0.2, -0.15) is 0 Å². The molecule has 1 N–H and O–H groups in total. The predicted molar refractivity (Wildman–Crippen MR) is 97.4 cm³/mol. The van der Waals surface area contributed by atoms with Gasteiger partial charge in [-0.3, -0.25) is 4.79 Å². The van der Waals surface area contributed by atoms with Gasteiger partial charge in [0.1, 0.15) is 11.9 Å². The van der Waals surface area contributed by atoms with Crippen LogP contribution in [0.5, 0.6) is 0 Å². The van der Waals surface area contributed by atoms with Crippen molar-refractivity contribution in [1.82, 2.24) is 24.8 Å². The number of rotatable bonds is 7. The molecule has 1 fully saturated rings. The SMILES string of the molecule is CC(C)c1nccn1CCC(=O)NCc1cnc([C@H]2CCCCO2)nc1. The Labute approximate surface area is 154 Å². The fraction of sp³-hybridized carbons (Fsp3) is 0.579. The quantitative estimate of drug-likeness (QED) is 0.824. The zero-order valence-electron chi connectivity index (χ0n) is 15.5. The van der Waals surface area contributed by atoms with Crippen LogP contribution in [0.3, 0.4) is 0 Å². The van der Waals surface area contributed by atoms with Crippen LogP contribution in [0.1, 0.15) is 68.8 Å². The lowest BCUT2D eigenvalue weighted by atomic mass is 10.1. The summed E-state index contributed by atoms with van der Waals surface area (Å²) in [5.41, 5.74) is 0.892. The van der Waals surface area contributed by atoms with Gasteiger partial charge < -0.3 is 14.6 Å². The Kier molecular flexibility index (Phi) is 6.33. The van der Waals surface area contributed by atoms with Crippen molar-refractivity contribution >= 4 is 5.91 Å². The molecule has 1 amide bonds. The lowest BCUT2D eigenvalue weighted by molar-refractivity contribution is -0.121. The molecule has 1 saturated heterocycles. The highest BCUT2D eigenvalue weighted by Gasteiger charge is 2.18. The highest BCUT2D eigenvalue weighted by atomic mass is 16.5. The largest absolute Gasteiger partial charge is 0.370 e. The summed E-state index contributed by atoms with van der Waals surface area (Å²) in [6.45, 7) is 6.04. The average molecular weight is 357 g/mol. The highest BCUT2D eigenvalue weighted by molar-refractivity contribution is 5.75. The third kappa shape index (κ3) is 4.88. The molecule has 0 saturated carbocycles. The number of imidazole rings is 1. The summed E-state index contributed by atoms with van der Waals surface area (Å²) in [5, 5.41) is 2.93. The number of ether oxygens (including phenoxy) is 1. The minimum atomic E-state index is 0.00750. The number of carbonyl (C=O) groups excluding carboxylic acids is 1. The van der Waals surface area contributed by atoms with Crippen molar-refractivity contribution in [1.29, 1.82) is 0 Å². The van der Waals surface area contributed by atoms with Crippen molar-refractivity contribution in [3.05, 3.63) is 42.0 Å². The van der Waals surface area contributed by atoms with Crippen molar-refractivity contribution in [2.45, 2.75) is 64.6 Å². The molecule has 0 unspecified atom stereocenters. The minimum absolute atomic E-state index is 0.00750. The maximum absolute atomic E-state index is 12.1. The molecule has 26 heavy (non-hydrogen) atoms. The maximum Gasteiger partial charge on any atom is 0.222 e. The molecule has 0 bridgehead atoms. The van der Waals surface area contributed by atoms with Gasteiger partial charge in [-0.25, -0.2) is 15.0 Å². The fourth-order valence-electron chi connectivity index (χ4n) is 3.09. The van der Waals surface area contributed by atoms with Gasteiger partial charge in [-0.15, -0.1) is 0 Å². The van der Waals surface area contributed by atoms with Gasteiger partial charge >= 0.3 is 0 Å². The van der Waals surface area contributed by atoms with Crippen molar-refractivity contribution in [3.8, 4) is 0 Å². The van der Waals surface area contributed by atoms with Crippen LogP contribution < -0.4 is 5.32 Å². The third-order valence-corrected chi connectivity index (χ3v) is 4.53. The fourth-order valence-corrected chi connectivity index (χ4v) is 3.09. The summed E-state index contributed by atoms with van der Waals surface area (Å²) in [6, 6.07) is 0. The summed E-state index contributed by atoms with van der Waals surface area (Å²) in [4.78, 5) is 25.2. The second-order valence-corrected chi connectivity index (χ2v) is 6.96. The highest BCUT2D eigenvalue weighted by Crippen LogP contribution is 2.24. The number of carbonyl (C=O) groups is 1. The van der Waals surface area contributed by atoms with E-state index in [4.69, 9.17) is 4.74 Å². The normalized spacial score (nSPS) is 17.4. The molecule has 3 rings (SSSR count). The first-order chi connectivity index (χ1) is 12.6. The number of hydrogen-bond donors (Lipinski definition) is 1. The van der Waals surface area contributed by atoms with Crippen molar-refractivity contribution in [3.63, 3.8) is 0 Å². The van der Waals surface area contributed by atoms with E-state index in [0.29, 0.717) is 25.4 Å². The number of nitrogens with zero attached hydrogens (tertiary/aromatic N) is 4. The zero-order chi connectivity index (χ0) is 18.4. The topological polar surface area (TPSA) is 81.9 Å². The number of nitrogens with one attached hydrogen (secondary N) is 1. The molecule has 1 aliphatic heterocycles. The van der Waals surface area contributed by atoms with Crippen LogP contribution in [0.4, 0.5) is 0 Å². The molecule has 7 heteroatoms. The zero-order valence-corrected chi connectivity index (χ0v) is 15.5. The molecule has 0 aliphatic carbocycles. The summed E-state index contributed by atoms with van der Waals surface area (Å²) < 4.78 is 7.73. The molecule has 7 nitrogen and oxygen atoms in total. The molecule has 1 atom stereocenters. The van der Waals surface area contributed by atoms with Gasteiger partial charge in [0.15, 0.2) is 5.82 Å². The molecule has 0 aromatic carbocycles. The molecule has 140 valence electrons. The molecule has 0 radical (unpaired) electrons. The summed E-state index contributed by atoms with van der Waals surface area (Å²) >= 11 is 0. The second-order valence-electron chi connectivity index (χ2n) is 6.96. The predicted octanol–water partition coefficient (Wildman–Crippen LogP) is 2.74. The standard InChI is InChI=1S/C19H27N5O2/c1-14(2)19-20-7-9-24(19)8-6-17(25)21-11-15-12-22-18(23-13-15)16-5-3-4-10-26-16/h7,9,12-14,16H,3-6,8,10-11H2,1-2H3,(H,21,25)/t16-/m1/s1. The number of aryl methyl sites for hydroxylation is 1. The van der Waals surface area contributed by atoms with E-state index < -0.39 is 0 Å².